The molecule has 1 aromatic heterocycles. The molecule has 27 heavy (non-hydrogen) atoms. The lowest BCUT2D eigenvalue weighted by Crippen LogP contribution is -2.11. The lowest BCUT2D eigenvalue weighted by Gasteiger charge is -2.13. The maximum atomic E-state index is 12.7. The lowest BCUT2D eigenvalue weighted by atomic mass is 9.95. The topological polar surface area (TPSA) is 84.4 Å². The first-order valence-corrected chi connectivity index (χ1v) is 8.86. The summed E-state index contributed by atoms with van der Waals surface area (Å²) in [5, 5.41) is 9.49. The Morgan fingerprint density at radius 1 is 1.07 bits per heavy atom. The molecule has 0 unspecified atom stereocenters. The van der Waals surface area contributed by atoms with E-state index in [1.54, 1.807) is 19.2 Å². The Balaban J connectivity index is 2.16. The van der Waals surface area contributed by atoms with E-state index in [-0.39, 0.29) is 12.2 Å². The molecular weight excluding hydrogens is 344 g/mol. The van der Waals surface area contributed by atoms with Crippen molar-refractivity contribution in [2.24, 2.45) is 0 Å². The van der Waals surface area contributed by atoms with Crippen molar-refractivity contribution in [2.75, 3.05) is 20.8 Å². The minimum atomic E-state index is -0.255. The number of ether oxygens (including phenoxy) is 2. The molecule has 3 aromatic rings. The Morgan fingerprint density at radius 2 is 1.78 bits per heavy atom. The Labute approximate surface area is 157 Å². The molecule has 6 nitrogen and oxygen atoms in total. The van der Waals surface area contributed by atoms with Gasteiger partial charge in [0.25, 0.3) is 5.56 Å². The number of nitrogens with one attached hydrogen (secondary N) is 1. The number of nitrogens with zero attached hydrogens (tertiary/aromatic N) is 1. The van der Waals surface area contributed by atoms with E-state index in [0.717, 1.165) is 29.5 Å². The van der Waals surface area contributed by atoms with E-state index in [4.69, 9.17) is 14.6 Å². The second kappa shape index (κ2) is 7.80. The third-order valence-corrected chi connectivity index (χ3v) is 4.76. The number of aliphatic hydroxyl groups is 1. The number of hydrogen-bond acceptors (Lipinski definition) is 5. The van der Waals surface area contributed by atoms with Crippen LogP contribution in [0.25, 0.3) is 22.3 Å². The van der Waals surface area contributed by atoms with Gasteiger partial charge in [0.05, 0.1) is 19.7 Å². The summed E-state index contributed by atoms with van der Waals surface area (Å²) < 4.78 is 10.6. The summed E-state index contributed by atoms with van der Waals surface area (Å²) in [7, 11) is 3.08. The molecule has 0 amide bonds. The van der Waals surface area contributed by atoms with E-state index in [1.165, 1.54) is 12.7 Å². The molecule has 2 aromatic carbocycles. The first-order chi connectivity index (χ1) is 13.0. The van der Waals surface area contributed by atoms with Crippen LogP contribution in [0.2, 0.25) is 0 Å². The number of rotatable bonds is 6. The van der Waals surface area contributed by atoms with Gasteiger partial charge in [0.1, 0.15) is 22.7 Å². The second-order valence-electron chi connectivity index (χ2n) is 6.55. The van der Waals surface area contributed by atoms with Crippen molar-refractivity contribution in [1.82, 2.24) is 9.97 Å². The lowest BCUT2D eigenvalue weighted by molar-refractivity contribution is 0.288. The van der Waals surface area contributed by atoms with Crippen molar-refractivity contribution >= 4 is 10.9 Å². The maximum absolute atomic E-state index is 12.7. The minimum absolute atomic E-state index is 0.170. The Kier molecular flexibility index (Phi) is 5.46. The van der Waals surface area contributed by atoms with E-state index in [1.807, 2.05) is 26.0 Å². The summed E-state index contributed by atoms with van der Waals surface area (Å²) in [4.78, 5) is 20.2. The average Bonchev–Trinajstić information content (AvgIpc) is 2.66. The highest BCUT2D eigenvalue weighted by molar-refractivity contribution is 5.87. The normalized spacial score (nSPS) is 11.0. The van der Waals surface area contributed by atoms with Crippen LogP contribution in [-0.4, -0.2) is 35.9 Å². The van der Waals surface area contributed by atoms with Crippen molar-refractivity contribution in [1.29, 1.82) is 0 Å². The van der Waals surface area contributed by atoms with Gasteiger partial charge in [-0.1, -0.05) is 0 Å². The SMILES string of the molecule is COc1cc(OC)c2c(=O)[nH]c(-c3cc(C)c(CCCO)c(C)c3)nc2c1. The van der Waals surface area contributed by atoms with Crippen molar-refractivity contribution in [3.05, 3.63) is 51.3 Å². The van der Waals surface area contributed by atoms with Crippen LogP contribution in [0.1, 0.15) is 23.1 Å². The van der Waals surface area contributed by atoms with Crippen molar-refractivity contribution < 1.29 is 14.6 Å². The summed E-state index contributed by atoms with van der Waals surface area (Å²) >= 11 is 0. The molecule has 142 valence electrons. The van der Waals surface area contributed by atoms with Crippen LogP contribution < -0.4 is 15.0 Å². The third-order valence-electron chi connectivity index (χ3n) is 4.76. The number of fused-ring (bicyclic) bond motifs is 1. The molecule has 0 aliphatic heterocycles. The van der Waals surface area contributed by atoms with Gasteiger partial charge in [0.2, 0.25) is 0 Å². The first-order valence-electron chi connectivity index (χ1n) is 8.86. The van der Waals surface area contributed by atoms with E-state index < -0.39 is 0 Å². The van der Waals surface area contributed by atoms with Crippen molar-refractivity contribution in [3.8, 4) is 22.9 Å². The summed E-state index contributed by atoms with van der Waals surface area (Å²) in [5.41, 5.74) is 4.56. The van der Waals surface area contributed by atoms with Crippen molar-refractivity contribution in [2.45, 2.75) is 26.7 Å². The van der Waals surface area contributed by atoms with Gasteiger partial charge in [-0.2, -0.15) is 0 Å². The number of aromatic nitrogens is 2. The smallest absolute Gasteiger partial charge is 0.262 e. The highest BCUT2D eigenvalue weighted by Crippen LogP contribution is 2.29. The van der Waals surface area contributed by atoms with Gasteiger partial charge in [-0.15, -0.1) is 0 Å². The molecule has 0 atom stereocenters. The zero-order valence-electron chi connectivity index (χ0n) is 16.0. The van der Waals surface area contributed by atoms with Crippen LogP contribution in [0.3, 0.4) is 0 Å². The van der Waals surface area contributed by atoms with Crippen LogP contribution in [-0.2, 0) is 6.42 Å². The average molecular weight is 368 g/mol. The van der Waals surface area contributed by atoms with Crippen LogP contribution in [0.15, 0.2) is 29.1 Å². The molecule has 3 rings (SSSR count). The van der Waals surface area contributed by atoms with E-state index in [0.29, 0.717) is 28.2 Å². The molecule has 2 N–H and O–H groups in total. The molecule has 0 saturated carbocycles. The number of aromatic amines is 1. The zero-order chi connectivity index (χ0) is 19.6. The molecule has 0 saturated heterocycles. The number of H-pyrrole nitrogens is 1. The highest BCUT2D eigenvalue weighted by Gasteiger charge is 2.14. The van der Waals surface area contributed by atoms with Gasteiger partial charge in [0, 0.05) is 24.3 Å². The Bertz CT molecular complexity index is 1020. The third kappa shape index (κ3) is 3.66. The monoisotopic (exact) mass is 368 g/mol. The van der Waals surface area contributed by atoms with Gasteiger partial charge in [-0.25, -0.2) is 4.98 Å². The van der Waals surface area contributed by atoms with Gasteiger partial charge >= 0.3 is 0 Å². The molecule has 0 aliphatic rings. The van der Waals surface area contributed by atoms with Crippen LogP contribution in [0, 0.1) is 13.8 Å². The van der Waals surface area contributed by atoms with Crippen LogP contribution >= 0.6 is 0 Å². The van der Waals surface area contributed by atoms with Gasteiger partial charge in [0.15, 0.2) is 0 Å². The minimum Gasteiger partial charge on any atom is -0.497 e. The summed E-state index contributed by atoms with van der Waals surface area (Å²) in [6, 6.07) is 7.43. The maximum Gasteiger partial charge on any atom is 0.262 e. The Hall–Kier alpha value is -2.86. The predicted molar refractivity (Wildman–Crippen MR) is 106 cm³/mol. The quantitative estimate of drug-likeness (QED) is 0.698. The summed E-state index contributed by atoms with van der Waals surface area (Å²) in [6.07, 6.45) is 1.55. The van der Waals surface area contributed by atoms with Crippen LogP contribution in [0.4, 0.5) is 0 Å². The standard InChI is InChI=1S/C21H24N2O4/c1-12-8-14(9-13(2)16(12)6-5-7-24)20-22-17-10-15(26-3)11-18(27-4)19(17)21(25)23-20/h8-11,24H,5-7H2,1-4H3,(H,22,23,25). The molecule has 0 fully saturated rings. The number of methoxy groups -OCH3 is 2. The molecular formula is C21H24N2O4. The number of aryl methyl sites for hydroxylation is 2. The molecule has 0 aliphatic carbocycles. The van der Waals surface area contributed by atoms with Gasteiger partial charge in [-0.3, -0.25) is 4.79 Å². The number of benzene rings is 2. The van der Waals surface area contributed by atoms with E-state index >= 15 is 0 Å². The van der Waals surface area contributed by atoms with E-state index in [2.05, 4.69) is 9.97 Å². The largest absolute Gasteiger partial charge is 0.497 e. The highest BCUT2D eigenvalue weighted by atomic mass is 16.5. The Morgan fingerprint density at radius 3 is 2.37 bits per heavy atom. The predicted octanol–water partition coefficient (Wildman–Crippen LogP) is 3.15. The zero-order valence-corrected chi connectivity index (χ0v) is 16.0. The fraction of sp³-hybridized carbons (Fsp3) is 0.333. The first kappa shape index (κ1) is 18.9. The fourth-order valence-corrected chi connectivity index (χ4v) is 3.41. The number of aliphatic hydroxyl groups excluding tert-OH is 1. The molecule has 0 bridgehead atoms. The summed E-state index contributed by atoms with van der Waals surface area (Å²) in [6.45, 7) is 4.24. The van der Waals surface area contributed by atoms with E-state index in [9.17, 15) is 4.79 Å². The van der Waals surface area contributed by atoms with Crippen LogP contribution in [0.5, 0.6) is 11.5 Å². The number of hydrogen-bond donors (Lipinski definition) is 2. The molecule has 0 spiro atoms. The molecule has 0 radical (unpaired) electrons. The molecule has 1 heterocycles. The van der Waals surface area contributed by atoms with Gasteiger partial charge < -0.3 is 19.6 Å². The van der Waals surface area contributed by atoms with Gasteiger partial charge in [-0.05, 0) is 55.5 Å². The second-order valence-corrected chi connectivity index (χ2v) is 6.55. The fourth-order valence-electron chi connectivity index (χ4n) is 3.41. The summed E-state index contributed by atoms with van der Waals surface area (Å²) in [5.74, 6) is 1.51. The molecule has 6 heteroatoms. The van der Waals surface area contributed by atoms with Crippen molar-refractivity contribution in [3.63, 3.8) is 0 Å².